The summed E-state index contributed by atoms with van der Waals surface area (Å²) in [7, 11) is 0. The van der Waals surface area contributed by atoms with Gasteiger partial charge in [-0.1, -0.05) is 12.1 Å². The molecule has 31 heavy (non-hydrogen) atoms. The van der Waals surface area contributed by atoms with E-state index in [1.54, 1.807) is 0 Å². The maximum absolute atomic E-state index is 12.8. The van der Waals surface area contributed by atoms with Crippen LogP contribution in [0.4, 0.5) is 0 Å². The average molecular weight is 442 g/mol. The number of rotatable bonds is 7. The Bertz CT molecular complexity index is 850. The highest BCUT2D eigenvalue weighted by atomic mass is 32.1. The van der Waals surface area contributed by atoms with Gasteiger partial charge in [0.25, 0.3) is 0 Å². The van der Waals surface area contributed by atoms with Crippen molar-refractivity contribution in [2.45, 2.75) is 46.3 Å². The third-order valence-corrected chi connectivity index (χ3v) is 7.34. The zero-order chi connectivity index (χ0) is 21.6. The van der Waals surface area contributed by atoms with E-state index in [0.717, 1.165) is 77.6 Å². The van der Waals surface area contributed by atoms with Crippen LogP contribution in [0, 0.1) is 5.92 Å². The summed E-state index contributed by atoms with van der Waals surface area (Å²) in [6.07, 6.45) is 2.11. The van der Waals surface area contributed by atoms with Gasteiger partial charge >= 0.3 is 0 Å². The molecule has 1 atom stereocenters. The number of thiophene rings is 1. The summed E-state index contributed by atoms with van der Waals surface area (Å²) in [6.45, 7) is 12.2. The van der Waals surface area contributed by atoms with Crippen LogP contribution in [0.3, 0.4) is 0 Å². The number of amides is 1. The summed E-state index contributed by atoms with van der Waals surface area (Å²) in [5.74, 6) is 1.49. The lowest BCUT2D eigenvalue weighted by Crippen LogP contribution is -2.44. The molecular weight excluding hydrogens is 406 g/mol. The summed E-state index contributed by atoms with van der Waals surface area (Å²) in [4.78, 5) is 21.1. The molecule has 1 aromatic heterocycles. The van der Waals surface area contributed by atoms with Gasteiger partial charge in [0.2, 0.25) is 5.91 Å². The van der Waals surface area contributed by atoms with E-state index in [4.69, 9.17) is 4.74 Å². The Morgan fingerprint density at radius 1 is 1.16 bits per heavy atom. The fourth-order valence-electron chi connectivity index (χ4n) is 4.81. The summed E-state index contributed by atoms with van der Waals surface area (Å²) in [6, 6.07) is 11.0. The van der Waals surface area contributed by atoms with E-state index < -0.39 is 0 Å². The molecule has 2 aliphatic rings. The molecular formula is C25H35N3O2S. The summed E-state index contributed by atoms with van der Waals surface area (Å²) >= 11 is 1.82. The predicted molar refractivity (Wildman–Crippen MR) is 126 cm³/mol. The fourth-order valence-corrected chi connectivity index (χ4v) is 5.56. The lowest BCUT2D eigenvalue weighted by molar-refractivity contribution is -0.137. The first kappa shape index (κ1) is 22.3. The molecule has 3 heterocycles. The summed E-state index contributed by atoms with van der Waals surface area (Å²) < 4.78 is 6.04. The van der Waals surface area contributed by atoms with Gasteiger partial charge in [-0.15, -0.1) is 11.3 Å². The standard InChI is InChI=1S/C25H35N3O2S/c1-3-28(4-2)25(29)21-7-5-11-26(17-21)16-20-9-10-24-22(15-20)18-27(12-13-30-24)19-23-8-6-14-31-23/h6,8-10,14-15,21H,3-5,7,11-13,16-19H2,1-2H3. The first-order valence-corrected chi connectivity index (χ1v) is 12.5. The molecule has 6 heteroatoms. The van der Waals surface area contributed by atoms with Crippen molar-refractivity contribution in [2.24, 2.45) is 5.92 Å². The average Bonchev–Trinajstić information content (AvgIpc) is 3.21. The second-order valence-corrected chi connectivity index (χ2v) is 9.70. The van der Waals surface area contributed by atoms with Crippen molar-refractivity contribution in [1.82, 2.24) is 14.7 Å². The normalized spacial score (nSPS) is 20.0. The smallest absolute Gasteiger partial charge is 0.226 e. The lowest BCUT2D eigenvalue weighted by atomic mass is 9.95. The van der Waals surface area contributed by atoms with Crippen molar-refractivity contribution in [1.29, 1.82) is 0 Å². The highest BCUT2D eigenvalue weighted by Gasteiger charge is 2.28. The van der Waals surface area contributed by atoms with Crippen molar-refractivity contribution < 1.29 is 9.53 Å². The van der Waals surface area contributed by atoms with Gasteiger partial charge in [-0.05, 0) is 62.4 Å². The molecule has 2 aromatic rings. The van der Waals surface area contributed by atoms with E-state index in [1.807, 2.05) is 16.2 Å². The van der Waals surface area contributed by atoms with E-state index in [2.05, 4.69) is 59.4 Å². The zero-order valence-corrected chi connectivity index (χ0v) is 19.7. The Kier molecular flexibility index (Phi) is 7.64. The minimum Gasteiger partial charge on any atom is -0.492 e. The monoisotopic (exact) mass is 441 g/mol. The molecule has 1 aromatic carbocycles. The molecule has 0 spiro atoms. The Labute approximate surface area is 190 Å². The molecule has 0 saturated carbocycles. The van der Waals surface area contributed by atoms with Gasteiger partial charge in [-0.2, -0.15) is 0 Å². The molecule has 4 rings (SSSR count). The van der Waals surface area contributed by atoms with Gasteiger partial charge in [0, 0.05) is 56.3 Å². The van der Waals surface area contributed by atoms with Crippen LogP contribution in [0.15, 0.2) is 35.7 Å². The van der Waals surface area contributed by atoms with Crippen LogP contribution in [0.25, 0.3) is 0 Å². The third kappa shape index (κ3) is 5.68. The van der Waals surface area contributed by atoms with Crippen molar-refractivity contribution >= 4 is 17.2 Å². The minimum absolute atomic E-state index is 0.138. The van der Waals surface area contributed by atoms with Gasteiger partial charge in [-0.25, -0.2) is 0 Å². The number of carbonyl (C=O) groups is 1. The Morgan fingerprint density at radius 2 is 2.03 bits per heavy atom. The predicted octanol–water partition coefficient (Wildman–Crippen LogP) is 4.22. The zero-order valence-electron chi connectivity index (χ0n) is 18.9. The summed E-state index contributed by atoms with van der Waals surface area (Å²) in [5.41, 5.74) is 2.59. The SMILES string of the molecule is CCN(CC)C(=O)C1CCCN(Cc2ccc3c(c2)CN(Cc2cccs2)CCO3)C1. The number of nitrogens with zero attached hydrogens (tertiary/aromatic N) is 3. The van der Waals surface area contributed by atoms with E-state index in [0.29, 0.717) is 5.91 Å². The van der Waals surface area contributed by atoms with Gasteiger partial charge in [0.15, 0.2) is 0 Å². The second-order valence-electron chi connectivity index (χ2n) is 8.67. The van der Waals surface area contributed by atoms with E-state index in [-0.39, 0.29) is 5.92 Å². The molecule has 1 saturated heterocycles. The van der Waals surface area contributed by atoms with Crippen LogP contribution in [0.5, 0.6) is 5.75 Å². The molecule has 0 radical (unpaired) electrons. The quantitative estimate of drug-likeness (QED) is 0.644. The molecule has 0 aliphatic carbocycles. The molecule has 1 unspecified atom stereocenters. The van der Waals surface area contributed by atoms with E-state index >= 15 is 0 Å². The highest BCUT2D eigenvalue weighted by Crippen LogP contribution is 2.27. The van der Waals surface area contributed by atoms with Crippen LogP contribution in [0.2, 0.25) is 0 Å². The first-order valence-electron chi connectivity index (χ1n) is 11.7. The minimum atomic E-state index is 0.138. The van der Waals surface area contributed by atoms with Crippen LogP contribution in [0.1, 0.15) is 42.7 Å². The fraction of sp³-hybridized carbons (Fsp3) is 0.560. The molecule has 168 valence electrons. The lowest BCUT2D eigenvalue weighted by Gasteiger charge is -2.34. The number of carbonyl (C=O) groups excluding carboxylic acids is 1. The number of hydrogen-bond donors (Lipinski definition) is 0. The van der Waals surface area contributed by atoms with Crippen molar-refractivity contribution in [2.75, 3.05) is 39.3 Å². The maximum atomic E-state index is 12.8. The molecule has 0 N–H and O–H groups in total. The second kappa shape index (κ2) is 10.6. The molecule has 1 fully saturated rings. The molecule has 0 bridgehead atoms. The van der Waals surface area contributed by atoms with Crippen LogP contribution in [-0.2, 0) is 24.4 Å². The topological polar surface area (TPSA) is 36.0 Å². The molecule has 1 amide bonds. The van der Waals surface area contributed by atoms with Gasteiger partial charge in [0.05, 0.1) is 5.92 Å². The number of fused-ring (bicyclic) bond motifs is 1. The van der Waals surface area contributed by atoms with Crippen LogP contribution >= 0.6 is 11.3 Å². The van der Waals surface area contributed by atoms with Gasteiger partial charge < -0.3 is 9.64 Å². The Morgan fingerprint density at radius 3 is 2.81 bits per heavy atom. The number of likely N-dealkylation sites (tertiary alicyclic amines) is 1. The van der Waals surface area contributed by atoms with Gasteiger partial charge in [0.1, 0.15) is 12.4 Å². The number of benzene rings is 1. The summed E-state index contributed by atoms with van der Waals surface area (Å²) in [5, 5.41) is 2.15. The maximum Gasteiger partial charge on any atom is 0.226 e. The largest absolute Gasteiger partial charge is 0.492 e. The van der Waals surface area contributed by atoms with Crippen molar-refractivity contribution in [3.63, 3.8) is 0 Å². The van der Waals surface area contributed by atoms with Crippen molar-refractivity contribution in [3.05, 3.63) is 51.7 Å². The number of ether oxygens (including phenoxy) is 1. The third-order valence-electron chi connectivity index (χ3n) is 6.48. The van der Waals surface area contributed by atoms with E-state index in [9.17, 15) is 4.79 Å². The Hall–Kier alpha value is -1.89. The Balaban J connectivity index is 1.40. The van der Waals surface area contributed by atoms with Crippen LogP contribution < -0.4 is 4.74 Å². The first-order chi connectivity index (χ1) is 15.2. The van der Waals surface area contributed by atoms with E-state index in [1.165, 1.54) is 16.0 Å². The number of hydrogen-bond acceptors (Lipinski definition) is 5. The van der Waals surface area contributed by atoms with Gasteiger partial charge in [-0.3, -0.25) is 14.6 Å². The number of piperidine rings is 1. The molecule has 2 aliphatic heterocycles. The molecule has 5 nitrogen and oxygen atoms in total. The van der Waals surface area contributed by atoms with Crippen LogP contribution in [-0.4, -0.2) is 59.9 Å². The highest BCUT2D eigenvalue weighted by molar-refractivity contribution is 7.09. The van der Waals surface area contributed by atoms with Crippen molar-refractivity contribution in [3.8, 4) is 5.75 Å².